The Labute approximate surface area is 158 Å². The van der Waals surface area contributed by atoms with Gasteiger partial charge in [-0.05, 0) is 61.7 Å². The minimum absolute atomic E-state index is 0.0111. The van der Waals surface area contributed by atoms with E-state index in [0.717, 1.165) is 44.6 Å². The molecule has 0 radical (unpaired) electrons. The number of hydrogen-bond donors (Lipinski definition) is 1. The van der Waals surface area contributed by atoms with Gasteiger partial charge < -0.3 is 15.1 Å². The number of nitrogens with one attached hydrogen (secondary N) is 1. The highest BCUT2D eigenvalue weighted by molar-refractivity contribution is 5.92. The molecule has 142 valence electrons. The first kappa shape index (κ1) is 17.9. The second kappa shape index (κ2) is 7.60. The zero-order valence-electron chi connectivity index (χ0n) is 15.5. The summed E-state index contributed by atoms with van der Waals surface area (Å²) >= 11 is 0. The smallest absolute Gasteiger partial charge is 0.274 e. The van der Waals surface area contributed by atoms with Crippen molar-refractivity contribution in [2.75, 3.05) is 37.6 Å². The topological polar surface area (TPSA) is 61.4 Å². The highest BCUT2D eigenvalue weighted by atomic mass is 19.1. The molecule has 1 aromatic carbocycles. The van der Waals surface area contributed by atoms with Crippen molar-refractivity contribution in [3.63, 3.8) is 0 Å². The van der Waals surface area contributed by atoms with E-state index in [1.54, 1.807) is 12.1 Å². The summed E-state index contributed by atoms with van der Waals surface area (Å²) in [6.45, 7) is 6.00. The fraction of sp³-hybridized carbons (Fsp3) is 0.450. The molecule has 2 aliphatic rings. The van der Waals surface area contributed by atoms with Crippen LogP contribution >= 0.6 is 0 Å². The molecular formula is C20H24FN5O. The van der Waals surface area contributed by atoms with Gasteiger partial charge in [-0.25, -0.2) is 4.39 Å². The summed E-state index contributed by atoms with van der Waals surface area (Å²) < 4.78 is 13.7. The summed E-state index contributed by atoms with van der Waals surface area (Å²) in [5.74, 6) is 0.421. The second-order valence-corrected chi connectivity index (χ2v) is 7.14. The SMILES string of the molecule is CC1c2cc(F)ccc2CCN1c1ccc(C(=O)N2CCCNCC2)nn1. The molecular weight excluding hydrogens is 345 g/mol. The fourth-order valence-electron chi connectivity index (χ4n) is 3.90. The lowest BCUT2D eigenvalue weighted by molar-refractivity contribution is 0.0759. The van der Waals surface area contributed by atoms with Crippen molar-refractivity contribution in [3.05, 3.63) is 53.0 Å². The Morgan fingerprint density at radius 1 is 1.15 bits per heavy atom. The maximum absolute atomic E-state index is 13.7. The van der Waals surface area contributed by atoms with Crippen LogP contribution in [0.25, 0.3) is 0 Å². The standard InChI is InChI=1S/C20H24FN5O/c1-14-17-13-16(21)4-3-15(17)7-11-26(14)19-6-5-18(23-24-19)20(27)25-10-2-8-22-9-12-25/h3-6,13-14,22H,2,7-12H2,1H3. The predicted octanol–water partition coefficient (Wildman–Crippen LogP) is 2.17. The van der Waals surface area contributed by atoms with Crippen molar-refractivity contribution in [2.45, 2.75) is 25.8 Å². The van der Waals surface area contributed by atoms with Gasteiger partial charge in [0, 0.05) is 26.2 Å². The molecule has 2 aromatic rings. The molecule has 4 rings (SSSR count). The van der Waals surface area contributed by atoms with Crippen LogP contribution in [0.5, 0.6) is 0 Å². The number of carbonyl (C=O) groups excluding carboxylic acids is 1. The van der Waals surface area contributed by atoms with Crippen LogP contribution in [0.4, 0.5) is 10.2 Å². The van der Waals surface area contributed by atoms with Gasteiger partial charge >= 0.3 is 0 Å². The molecule has 1 amide bonds. The zero-order valence-corrected chi connectivity index (χ0v) is 15.5. The summed E-state index contributed by atoms with van der Waals surface area (Å²) in [6, 6.07) is 8.58. The number of amides is 1. The summed E-state index contributed by atoms with van der Waals surface area (Å²) in [7, 11) is 0. The van der Waals surface area contributed by atoms with Crippen molar-refractivity contribution in [1.82, 2.24) is 20.4 Å². The zero-order chi connectivity index (χ0) is 18.8. The third kappa shape index (κ3) is 3.64. The second-order valence-electron chi connectivity index (χ2n) is 7.14. The van der Waals surface area contributed by atoms with Crippen LogP contribution in [0, 0.1) is 5.82 Å². The summed E-state index contributed by atoms with van der Waals surface area (Å²) in [6.07, 6.45) is 1.78. The van der Waals surface area contributed by atoms with Gasteiger partial charge in [-0.2, -0.15) is 0 Å². The molecule has 7 heteroatoms. The van der Waals surface area contributed by atoms with Crippen molar-refractivity contribution in [1.29, 1.82) is 0 Å². The fourth-order valence-corrected chi connectivity index (χ4v) is 3.90. The van der Waals surface area contributed by atoms with E-state index in [1.807, 2.05) is 24.0 Å². The van der Waals surface area contributed by atoms with E-state index in [2.05, 4.69) is 20.4 Å². The minimum Gasteiger partial charge on any atom is -0.348 e. The minimum atomic E-state index is -0.221. The van der Waals surface area contributed by atoms with Gasteiger partial charge in [0.1, 0.15) is 5.82 Å². The highest BCUT2D eigenvalue weighted by Gasteiger charge is 2.26. The molecule has 1 N–H and O–H groups in total. The van der Waals surface area contributed by atoms with Gasteiger partial charge in [-0.15, -0.1) is 10.2 Å². The van der Waals surface area contributed by atoms with Gasteiger partial charge in [0.2, 0.25) is 0 Å². The van der Waals surface area contributed by atoms with Crippen LogP contribution < -0.4 is 10.2 Å². The Hall–Kier alpha value is -2.54. The number of nitrogens with zero attached hydrogens (tertiary/aromatic N) is 4. The van der Waals surface area contributed by atoms with E-state index in [1.165, 1.54) is 11.6 Å². The molecule has 3 heterocycles. The maximum atomic E-state index is 13.7. The number of aromatic nitrogens is 2. The molecule has 2 aliphatic heterocycles. The number of hydrogen-bond acceptors (Lipinski definition) is 5. The van der Waals surface area contributed by atoms with Crippen LogP contribution in [0.3, 0.4) is 0 Å². The molecule has 0 bridgehead atoms. The van der Waals surface area contributed by atoms with Crippen LogP contribution in [-0.2, 0) is 6.42 Å². The Bertz CT molecular complexity index is 818. The van der Waals surface area contributed by atoms with Gasteiger partial charge in [-0.1, -0.05) is 6.07 Å². The molecule has 0 aliphatic carbocycles. The van der Waals surface area contributed by atoms with Gasteiger partial charge in [0.15, 0.2) is 11.5 Å². The Balaban J connectivity index is 1.51. The molecule has 1 fully saturated rings. The molecule has 0 spiro atoms. The van der Waals surface area contributed by atoms with E-state index >= 15 is 0 Å². The molecule has 27 heavy (non-hydrogen) atoms. The third-order valence-electron chi connectivity index (χ3n) is 5.44. The molecule has 1 atom stereocenters. The largest absolute Gasteiger partial charge is 0.348 e. The number of benzene rings is 1. The van der Waals surface area contributed by atoms with Gasteiger partial charge in [-0.3, -0.25) is 4.79 Å². The van der Waals surface area contributed by atoms with Crippen LogP contribution in [0.1, 0.15) is 41.0 Å². The molecule has 6 nitrogen and oxygen atoms in total. The Kier molecular flexibility index (Phi) is 5.03. The number of anilines is 1. The summed E-state index contributed by atoms with van der Waals surface area (Å²) in [5.41, 5.74) is 2.53. The van der Waals surface area contributed by atoms with E-state index < -0.39 is 0 Å². The maximum Gasteiger partial charge on any atom is 0.274 e. The quantitative estimate of drug-likeness (QED) is 0.879. The summed E-state index contributed by atoms with van der Waals surface area (Å²) in [5, 5.41) is 11.8. The van der Waals surface area contributed by atoms with Gasteiger partial charge in [0.25, 0.3) is 5.91 Å². The number of halogens is 1. The van der Waals surface area contributed by atoms with Crippen molar-refractivity contribution in [2.24, 2.45) is 0 Å². The first-order chi connectivity index (χ1) is 13.1. The van der Waals surface area contributed by atoms with E-state index in [0.29, 0.717) is 18.1 Å². The molecule has 1 saturated heterocycles. The number of fused-ring (bicyclic) bond motifs is 1. The van der Waals surface area contributed by atoms with Crippen molar-refractivity contribution >= 4 is 11.7 Å². The Morgan fingerprint density at radius 3 is 2.85 bits per heavy atom. The molecule has 0 saturated carbocycles. The Morgan fingerprint density at radius 2 is 2.04 bits per heavy atom. The van der Waals surface area contributed by atoms with Crippen LogP contribution in [0.2, 0.25) is 0 Å². The lowest BCUT2D eigenvalue weighted by Crippen LogP contribution is -2.36. The summed E-state index contributed by atoms with van der Waals surface area (Å²) in [4.78, 5) is 16.6. The van der Waals surface area contributed by atoms with Crippen molar-refractivity contribution < 1.29 is 9.18 Å². The van der Waals surface area contributed by atoms with Crippen LogP contribution in [-0.4, -0.2) is 53.7 Å². The van der Waals surface area contributed by atoms with Crippen molar-refractivity contribution in [3.8, 4) is 0 Å². The first-order valence-corrected chi connectivity index (χ1v) is 9.52. The van der Waals surface area contributed by atoms with E-state index in [9.17, 15) is 9.18 Å². The first-order valence-electron chi connectivity index (χ1n) is 9.52. The number of carbonyl (C=O) groups is 1. The average Bonchev–Trinajstić information content (AvgIpc) is 2.98. The highest BCUT2D eigenvalue weighted by Crippen LogP contribution is 2.32. The van der Waals surface area contributed by atoms with Gasteiger partial charge in [0.05, 0.1) is 6.04 Å². The predicted molar refractivity (Wildman–Crippen MR) is 101 cm³/mol. The third-order valence-corrected chi connectivity index (χ3v) is 5.44. The monoisotopic (exact) mass is 369 g/mol. The molecule has 1 aromatic heterocycles. The average molecular weight is 369 g/mol. The lowest BCUT2D eigenvalue weighted by Gasteiger charge is -2.35. The van der Waals surface area contributed by atoms with E-state index in [-0.39, 0.29) is 17.8 Å². The van der Waals surface area contributed by atoms with E-state index in [4.69, 9.17) is 0 Å². The lowest BCUT2D eigenvalue weighted by atomic mass is 9.93. The van der Waals surface area contributed by atoms with Crippen LogP contribution in [0.15, 0.2) is 30.3 Å². The number of rotatable bonds is 2. The molecule has 1 unspecified atom stereocenters. The normalized spacial score (nSPS) is 20.1.